The molecule has 2 heterocycles. The first-order valence-corrected chi connectivity index (χ1v) is 13.0. The Kier molecular flexibility index (Phi) is 8.50. The molecule has 0 bridgehead atoms. The van der Waals surface area contributed by atoms with Crippen molar-refractivity contribution in [2.75, 3.05) is 11.9 Å². The molecule has 1 aliphatic heterocycles. The number of phenolic OH excluding ortho intramolecular Hbond substituents is 1. The summed E-state index contributed by atoms with van der Waals surface area (Å²) < 4.78 is 21.9. The molecule has 0 radical (unpaired) electrons. The maximum absolute atomic E-state index is 13.2. The number of ketones is 1. The number of anilines is 1. The van der Waals surface area contributed by atoms with Crippen molar-refractivity contribution in [1.29, 1.82) is 0 Å². The van der Waals surface area contributed by atoms with Crippen LogP contribution < -0.4 is 10.1 Å². The van der Waals surface area contributed by atoms with E-state index in [1.165, 1.54) is 18.2 Å². The fraction of sp³-hybridized carbons (Fsp3) is 0.267. The SMILES string of the molecule is O=C(Nc1ccccc1)OC[C@H]1O[C@@H](Oc2cccc(O)c2C(=O)CCc2ccc3occc3c2)[C@H](O)[C@@H](O)[C@@H]1O. The zero-order valence-electron chi connectivity index (χ0n) is 21.8. The summed E-state index contributed by atoms with van der Waals surface area (Å²) >= 11 is 0. The highest BCUT2D eigenvalue weighted by molar-refractivity contribution is 6.01. The number of carbonyl (C=O) groups excluding carboxylic acids is 2. The van der Waals surface area contributed by atoms with Crippen LogP contribution in [0.2, 0.25) is 0 Å². The van der Waals surface area contributed by atoms with Gasteiger partial charge in [-0.2, -0.15) is 0 Å². The van der Waals surface area contributed by atoms with Crippen LogP contribution in [0.5, 0.6) is 11.5 Å². The van der Waals surface area contributed by atoms with E-state index in [9.17, 15) is 30.0 Å². The number of carbonyl (C=O) groups is 2. The standard InChI is InChI=1S/C30H29NO10/c32-20-7-4-8-23(25(20)21(33)11-9-17-10-12-22-18(15-17)13-14-38-22)40-29-28(36)27(35)26(34)24(41-29)16-39-30(37)31-19-5-2-1-3-6-19/h1-8,10,12-15,24,26-29,32,34-36H,9,11,16H2,(H,31,37)/t24-,26-,27+,28-,29-/m1/s1. The number of amides is 1. The van der Waals surface area contributed by atoms with Crippen LogP contribution in [-0.2, 0) is 15.9 Å². The first-order valence-electron chi connectivity index (χ1n) is 13.0. The molecular weight excluding hydrogens is 534 g/mol. The van der Waals surface area contributed by atoms with E-state index < -0.39 is 49.2 Å². The summed E-state index contributed by atoms with van der Waals surface area (Å²) in [6.45, 7) is -0.476. The number of hydrogen-bond donors (Lipinski definition) is 5. The smallest absolute Gasteiger partial charge is 0.411 e. The molecule has 4 aromatic rings. The number of phenols is 1. The fourth-order valence-electron chi connectivity index (χ4n) is 4.56. The van der Waals surface area contributed by atoms with Crippen LogP contribution in [0, 0.1) is 0 Å². The van der Waals surface area contributed by atoms with Crippen LogP contribution in [0.3, 0.4) is 0 Å². The fourth-order valence-corrected chi connectivity index (χ4v) is 4.56. The Bertz CT molecular complexity index is 1500. The van der Waals surface area contributed by atoms with Gasteiger partial charge in [-0.25, -0.2) is 4.79 Å². The number of hydrogen-bond acceptors (Lipinski definition) is 10. The minimum atomic E-state index is -1.72. The van der Waals surface area contributed by atoms with Crippen LogP contribution in [0.25, 0.3) is 11.0 Å². The molecule has 1 amide bonds. The van der Waals surface area contributed by atoms with Gasteiger partial charge in [-0.05, 0) is 54.4 Å². The predicted octanol–water partition coefficient (Wildman–Crippen LogP) is 3.39. The lowest BCUT2D eigenvalue weighted by molar-refractivity contribution is -0.277. The monoisotopic (exact) mass is 563 g/mol. The number of aliphatic hydroxyl groups excluding tert-OH is 3. The number of ether oxygens (including phenoxy) is 3. The van der Waals surface area contributed by atoms with Crippen molar-refractivity contribution in [1.82, 2.24) is 0 Å². The largest absolute Gasteiger partial charge is 0.507 e. The van der Waals surface area contributed by atoms with Crippen molar-refractivity contribution < 1.29 is 48.6 Å². The number of para-hydroxylation sites is 1. The molecule has 3 aromatic carbocycles. The molecule has 0 spiro atoms. The van der Waals surface area contributed by atoms with Crippen LogP contribution >= 0.6 is 0 Å². The van der Waals surface area contributed by atoms with Gasteiger partial charge in [-0.15, -0.1) is 0 Å². The number of aryl methyl sites for hydroxylation is 1. The topological polar surface area (TPSA) is 168 Å². The summed E-state index contributed by atoms with van der Waals surface area (Å²) in [6.07, 6.45) is -6.68. The number of fused-ring (bicyclic) bond motifs is 1. The Morgan fingerprint density at radius 2 is 1.71 bits per heavy atom. The van der Waals surface area contributed by atoms with Gasteiger partial charge in [0.1, 0.15) is 53.7 Å². The molecule has 11 heteroatoms. The number of nitrogens with one attached hydrogen (secondary N) is 1. The van der Waals surface area contributed by atoms with Crippen LogP contribution in [0.4, 0.5) is 10.5 Å². The lowest BCUT2D eigenvalue weighted by Gasteiger charge is -2.40. The summed E-state index contributed by atoms with van der Waals surface area (Å²) in [6, 6.07) is 20.1. The first-order chi connectivity index (χ1) is 19.8. The second kappa shape index (κ2) is 12.4. The highest BCUT2D eigenvalue weighted by atomic mass is 16.7. The first kappa shape index (κ1) is 28.1. The zero-order chi connectivity index (χ0) is 28.9. The Labute approximate surface area is 234 Å². The minimum absolute atomic E-state index is 0.0414. The van der Waals surface area contributed by atoms with Crippen LogP contribution in [-0.4, -0.2) is 69.6 Å². The van der Waals surface area contributed by atoms with Gasteiger partial charge in [-0.3, -0.25) is 10.1 Å². The molecule has 0 aliphatic carbocycles. The molecular formula is C30H29NO10. The van der Waals surface area contributed by atoms with Gasteiger partial charge in [0.2, 0.25) is 6.29 Å². The number of aromatic hydroxyl groups is 1. The third-order valence-corrected chi connectivity index (χ3v) is 6.75. The normalized spacial score (nSPS) is 22.3. The molecule has 1 saturated heterocycles. The minimum Gasteiger partial charge on any atom is -0.507 e. The van der Waals surface area contributed by atoms with Crippen molar-refractivity contribution in [3.05, 3.63) is 90.2 Å². The Hall–Kier alpha value is -4.42. The summed E-state index contributed by atoms with van der Waals surface area (Å²) in [7, 11) is 0. The molecule has 1 aromatic heterocycles. The van der Waals surface area contributed by atoms with E-state index in [1.54, 1.807) is 36.6 Å². The van der Waals surface area contributed by atoms with Gasteiger partial charge >= 0.3 is 6.09 Å². The summed E-state index contributed by atoms with van der Waals surface area (Å²) in [5.41, 5.74) is 1.99. The maximum atomic E-state index is 13.2. The molecule has 5 rings (SSSR count). The molecule has 11 nitrogen and oxygen atoms in total. The van der Waals surface area contributed by atoms with E-state index in [4.69, 9.17) is 18.6 Å². The molecule has 5 atom stereocenters. The average Bonchev–Trinajstić information content (AvgIpc) is 3.44. The van der Waals surface area contributed by atoms with Gasteiger partial charge in [0.25, 0.3) is 0 Å². The molecule has 0 saturated carbocycles. The van der Waals surface area contributed by atoms with Gasteiger partial charge < -0.3 is 39.1 Å². The zero-order valence-corrected chi connectivity index (χ0v) is 21.8. The van der Waals surface area contributed by atoms with E-state index in [-0.39, 0.29) is 23.5 Å². The van der Waals surface area contributed by atoms with Crippen molar-refractivity contribution >= 4 is 28.5 Å². The maximum Gasteiger partial charge on any atom is 0.411 e. The van der Waals surface area contributed by atoms with E-state index in [0.29, 0.717) is 12.1 Å². The number of aliphatic hydroxyl groups is 3. The van der Waals surface area contributed by atoms with Crippen molar-refractivity contribution in [3.63, 3.8) is 0 Å². The number of rotatable bonds is 9. The highest BCUT2D eigenvalue weighted by Crippen LogP contribution is 2.33. The number of furan rings is 1. The second-order valence-corrected chi connectivity index (χ2v) is 9.59. The molecule has 1 fully saturated rings. The van der Waals surface area contributed by atoms with Crippen LogP contribution in [0.15, 0.2) is 83.5 Å². The summed E-state index contributed by atoms with van der Waals surface area (Å²) in [4.78, 5) is 25.4. The molecule has 41 heavy (non-hydrogen) atoms. The molecule has 0 unspecified atom stereocenters. The highest BCUT2D eigenvalue weighted by Gasteiger charge is 2.46. The van der Waals surface area contributed by atoms with E-state index in [1.807, 2.05) is 24.3 Å². The van der Waals surface area contributed by atoms with Gasteiger partial charge in [0.05, 0.1) is 6.26 Å². The Morgan fingerprint density at radius 1 is 0.902 bits per heavy atom. The third kappa shape index (κ3) is 6.50. The lowest BCUT2D eigenvalue weighted by atomic mass is 9.98. The van der Waals surface area contributed by atoms with E-state index in [0.717, 1.165) is 16.5 Å². The quantitative estimate of drug-likeness (QED) is 0.190. The average molecular weight is 564 g/mol. The van der Waals surface area contributed by atoms with E-state index >= 15 is 0 Å². The molecule has 214 valence electrons. The van der Waals surface area contributed by atoms with Crippen molar-refractivity contribution in [3.8, 4) is 11.5 Å². The second-order valence-electron chi connectivity index (χ2n) is 9.59. The van der Waals surface area contributed by atoms with Gasteiger partial charge in [0, 0.05) is 17.5 Å². The Morgan fingerprint density at radius 3 is 2.51 bits per heavy atom. The summed E-state index contributed by atoms with van der Waals surface area (Å²) in [5, 5.41) is 45.3. The number of Topliss-reactive ketones (excluding diaryl/α,β-unsaturated/α-hetero) is 1. The third-order valence-electron chi connectivity index (χ3n) is 6.75. The summed E-state index contributed by atoms with van der Waals surface area (Å²) in [5.74, 6) is -0.843. The van der Waals surface area contributed by atoms with E-state index in [2.05, 4.69) is 5.32 Å². The van der Waals surface area contributed by atoms with Gasteiger partial charge in [0.15, 0.2) is 5.78 Å². The molecule has 5 N–H and O–H groups in total. The predicted molar refractivity (Wildman–Crippen MR) is 146 cm³/mol. The number of benzene rings is 3. The lowest BCUT2D eigenvalue weighted by Crippen LogP contribution is -2.60. The van der Waals surface area contributed by atoms with Crippen LogP contribution in [0.1, 0.15) is 22.3 Å². The van der Waals surface area contributed by atoms with Crippen molar-refractivity contribution in [2.45, 2.75) is 43.5 Å². The molecule has 1 aliphatic rings. The Balaban J connectivity index is 1.25. The van der Waals surface area contributed by atoms with Crippen molar-refractivity contribution in [2.24, 2.45) is 0 Å². The van der Waals surface area contributed by atoms with Gasteiger partial charge in [-0.1, -0.05) is 30.3 Å².